The molecule has 4 atom stereocenters. The zero-order valence-electron chi connectivity index (χ0n) is 17.8. The van der Waals surface area contributed by atoms with Crippen molar-refractivity contribution >= 4 is 35.4 Å². The standard InChI is InChI=1S/C23H16N4O8/c28-21-19-13-1-2-14(9-13)20(19)22(29)25(21)24-11-15-10-17(27(33)34)7-8-18(15)35-23(30)12-3-5-16(6-4-12)26(31)32/h1-8,10-11,13-14,19-20H,9H2. The molecule has 4 unspecified atom stereocenters. The number of nitrogens with zero attached hydrogens (tertiary/aromatic N) is 4. The van der Waals surface area contributed by atoms with E-state index in [9.17, 15) is 34.6 Å². The molecule has 1 heterocycles. The molecule has 12 heteroatoms. The summed E-state index contributed by atoms with van der Waals surface area (Å²) in [5.74, 6) is -2.75. The zero-order chi connectivity index (χ0) is 24.9. The maximum absolute atomic E-state index is 12.8. The molecule has 1 saturated carbocycles. The Bertz CT molecular complexity index is 1320. The molecule has 2 fully saturated rings. The first-order chi connectivity index (χ1) is 16.7. The minimum Gasteiger partial charge on any atom is -0.422 e. The van der Waals surface area contributed by atoms with Crippen LogP contribution in [0.4, 0.5) is 11.4 Å². The molecular formula is C23H16N4O8. The van der Waals surface area contributed by atoms with Crippen LogP contribution in [0.1, 0.15) is 22.3 Å². The minimum atomic E-state index is -0.867. The van der Waals surface area contributed by atoms with Gasteiger partial charge in [0.1, 0.15) is 5.75 Å². The maximum Gasteiger partial charge on any atom is 0.343 e. The van der Waals surface area contributed by atoms with Crippen molar-refractivity contribution in [2.45, 2.75) is 6.42 Å². The van der Waals surface area contributed by atoms with Gasteiger partial charge in [0.05, 0.1) is 33.5 Å². The lowest BCUT2D eigenvalue weighted by molar-refractivity contribution is -0.385. The van der Waals surface area contributed by atoms with Crippen LogP contribution < -0.4 is 4.74 Å². The van der Waals surface area contributed by atoms with Gasteiger partial charge in [-0.05, 0) is 36.5 Å². The van der Waals surface area contributed by atoms with E-state index in [-0.39, 0.29) is 40.1 Å². The van der Waals surface area contributed by atoms with Crippen LogP contribution in [0.25, 0.3) is 0 Å². The fourth-order valence-electron chi connectivity index (χ4n) is 4.84. The highest BCUT2D eigenvalue weighted by Gasteiger charge is 2.59. The van der Waals surface area contributed by atoms with Crippen LogP contribution in [0.3, 0.4) is 0 Å². The zero-order valence-corrected chi connectivity index (χ0v) is 17.8. The van der Waals surface area contributed by atoms with Crippen LogP contribution >= 0.6 is 0 Å². The number of rotatable bonds is 6. The molecule has 0 radical (unpaired) electrons. The molecule has 2 aromatic carbocycles. The highest BCUT2D eigenvalue weighted by molar-refractivity contribution is 6.07. The number of benzene rings is 2. The van der Waals surface area contributed by atoms with Gasteiger partial charge in [-0.1, -0.05) is 12.2 Å². The highest BCUT2D eigenvalue weighted by Crippen LogP contribution is 2.52. The highest BCUT2D eigenvalue weighted by atomic mass is 16.6. The average molecular weight is 476 g/mol. The third-order valence-electron chi connectivity index (χ3n) is 6.48. The Morgan fingerprint density at radius 3 is 2.09 bits per heavy atom. The number of ether oxygens (including phenoxy) is 1. The van der Waals surface area contributed by atoms with Gasteiger partial charge in [0.2, 0.25) is 0 Å². The summed E-state index contributed by atoms with van der Waals surface area (Å²) in [6.45, 7) is 0. The predicted octanol–water partition coefficient (Wildman–Crippen LogP) is 2.86. The van der Waals surface area contributed by atoms with Crippen molar-refractivity contribution in [1.29, 1.82) is 0 Å². The summed E-state index contributed by atoms with van der Waals surface area (Å²) in [5, 5.41) is 26.8. The molecular weight excluding hydrogens is 460 g/mol. The summed E-state index contributed by atoms with van der Waals surface area (Å²) >= 11 is 0. The molecule has 5 rings (SSSR count). The van der Waals surface area contributed by atoms with Gasteiger partial charge in [-0.3, -0.25) is 29.8 Å². The number of hydrogen-bond donors (Lipinski definition) is 0. The monoisotopic (exact) mass is 476 g/mol. The lowest BCUT2D eigenvalue weighted by Crippen LogP contribution is -2.28. The number of carbonyl (C=O) groups excluding carboxylic acids is 3. The molecule has 176 valence electrons. The fourth-order valence-corrected chi connectivity index (χ4v) is 4.84. The number of non-ortho nitro benzene ring substituents is 2. The quantitative estimate of drug-likeness (QED) is 0.117. The molecule has 1 saturated heterocycles. The second-order valence-electron chi connectivity index (χ2n) is 8.41. The molecule has 35 heavy (non-hydrogen) atoms. The number of nitro benzene ring substituents is 2. The first-order valence-electron chi connectivity index (χ1n) is 10.6. The van der Waals surface area contributed by atoms with E-state index in [2.05, 4.69) is 5.10 Å². The van der Waals surface area contributed by atoms with E-state index in [1.807, 2.05) is 12.2 Å². The number of esters is 1. The molecule has 2 amide bonds. The van der Waals surface area contributed by atoms with Crippen LogP contribution in [-0.4, -0.2) is 38.9 Å². The number of carbonyl (C=O) groups is 3. The van der Waals surface area contributed by atoms with Crippen LogP contribution in [0.15, 0.2) is 59.7 Å². The summed E-state index contributed by atoms with van der Waals surface area (Å²) in [6.07, 6.45) is 5.72. The van der Waals surface area contributed by atoms with Crippen molar-refractivity contribution in [1.82, 2.24) is 5.01 Å². The van der Waals surface area contributed by atoms with E-state index in [4.69, 9.17) is 4.74 Å². The Hall–Kier alpha value is -4.74. The lowest BCUT2D eigenvalue weighted by atomic mass is 9.85. The second-order valence-corrected chi connectivity index (χ2v) is 8.41. The number of fused-ring (bicyclic) bond motifs is 5. The molecule has 0 spiro atoms. The van der Waals surface area contributed by atoms with Gasteiger partial charge in [-0.15, -0.1) is 0 Å². The molecule has 1 aliphatic heterocycles. The van der Waals surface area contributed by atoms with Gasteiger partial charge < -0.3 is 4.74 Å². The van der Waals surface area contributed by atoms with Crippen molar-refractivity contribution in [3.63, 3.8) is 0 Å². The van der Waals surface area contributed by atoms with Crippen LogP contribution in [0, 0.1) is 43.9 Å². The second kappa shape index (κ2) is 8.24. The lowest BCUT2D eigenvalue weighted by Gasteiger charge is -2.13. The topological polar surface area (TPSA) is 162 Å². The number of hydrogen-bond acceptors (Lipinski definition) is 9. The number of allylic oxidation sites excluding steroid dienone is 2. The Morgan fingerprint density at radius 1 is 0.943 bits per heavy atom. The maximum atomic E-state index is 12.8. The summed E-state index contributed by atoms with van der Waals surface area (Å²) in [6, 6.07) is 8.10. The van der Waals surface area contributed by atoms with Gasteiger partial charge in [0.25, 0.3) is 23.2 Å². The van der Waals surface area contributed by atoms with E-state index < -0.39 is 39.5 Å². The van der Waals surface area contributed by atoms with Crippen LogP contribution in [-0.2, 0) is 9.59 Å². The van der Waals surface area contributed by atoms with Crippen molar-refractivity contribution in [2.24, 2.45) is 28.8 Å². The largest absolute Gasteiger partial charge is 0.422 e. The summed E-state index contributed by atoms with van der Waals surface area (Å²) in [7, 11) is 0. The number of nitro groups is 2. The first-order valence-corrected chi connectivity index (χ1v) is 10.6. The molecule has 0 aromatic heterocycles. The van der Waals surface area contributed by atoms with Crippen molar-refractivity contribution in [3.8, 4) is 5.75 Å². The fraction of sp³-hybridized carbons (Fsp3) is 0.217. The third kappa shape index (κ3) is 3.74. The van der Waals surface area contributed by atoms with E-state index in [0.29, 0.717) is 0 Å². The smallest absolute Gasteiger partial charge is 0.343 e. The van der Waals surface area contributed by atoms with Crippen LogP contribution in [0.5, 0.6) is 5.75 Å². The van der Waals surface area contributed by atoms with E-state index in [1.165, 1.54) is 18.2 Å². The predicted molar refractivity (Wildman–Crippen MR) is 118 cm³/mol. The van der Waals surface area contributed by atoms with Gasteiger partial charge in [-0.2, -0.15) is 10.1 Å². The Kier molecular flexibility index (Phi) is 5.20. The number of hydrazone groups is 1. The van der Waals surface area contributed by atoms with Crippen LogP contribution in [0.2, 0.25) is 0 Å². The van der Waals surface area contributed by atoms with Gasteiger partial charge in [0.15, 0.2) is 0 Å². The average Bonchev–Trinajstić information content (AvgIpc) is 3.52. The van der Waals surface area contributed by atoms with Crippen molar-refractivity contribution < 1.29 is 29.0 Å². The minimum absolute atomic E-state index is 0.00215. The molecule has 3 aliphatic rings. The summed E-state index contributed by atoms with van der Waals surface area (Å²) < 4.78 is 5.33. The van der Waals surface area contributed by atoms with E-state index >= 15 is 0 Å². The van der Waals surface area contributed by atoms with Crippen molar-refractivity contribution in [3.05, 3.63) is 86.0 Å². The first kappa shape index (κ1) is 22.1. The number of imide groups is 1. The summed E-state index contributed by atoms with van der Waals surface area (Å²) in [5.41, 5.74) is -0.524. The molecule has 2 aromatic rings. The van der Waals surface area contributed by atoms with Gasteiger partial charge >= 0.3 is 5.97 Å². The Labute approximate surface area is 196 Å². The van der Waals surface area contributed by atoms with Gasteiger partial charge in [0, 0.05) is 29.8 Å². The number of amides is 2. The molecule has 2 aliphatic carbocycles. The molecule has 12 nitrogen and oxygen atoms in total. The molecule has 0 N–H and O–H groups in total. The van der Waals surface area contributed by atoms with Gasteiger partial charge in [-0.25, -0.2) is 4.79 Å². The Balaban J connectivity index is 1.41. The normalized spacial score (nSPS) is 24.3. The third-order valence-corrected chi connectivity index (χ3v) is 6.48. The Morgan fingerprint density at radius 2 is 1.51 bits per heavy atom. The van der Waals surface area contributed by atoms with Crippen molar-refractivity contribution in [2.75, 3.05) is 0 Å². The summed E-state index contributed by atoms with van der Waals surface area (Å²) in [4.78, 5) is 59.0. The molecule has 2 bridgehead atoms. The van der Waals surface area contributed by atoms with E-state index in [0.717, 1.165) is 41.9 Å². The van der Waals surface area contributed by atoms with E-state index in [1.54, 1.807) is 0 Å². The SMILES string of the molecule is O=C(Oc1ccc([N+](=O)[O-])cc1C=NN1C(=O)C2C3C=CC(C3)C2C1=O)c1ccc([N+](=O)[O-])cc1.